The van der Waals surface area contributed by atoms with E-state index in [1.54, 1.807) is 47.2 Å². The summed E-state index contributed by atoms with van der Waals surface area (Å²) in [7, 11) is 1.57. The Hall–Kier alpha value is -3.55. The quantitative estimate of drug-likeness (QED) is 0.701. The van der Waals surface area contributed by atoms with Gasteiger partial charge in [0.15, 0.2) is 6.61 Å². The average molecular weight is 397 g/mol. The molecular formula is C21H21N2O6-. The minimum atomic E-state index is -1.33. The fourth-order valence-corrected chi connectivity index (χ4v) is 3.03. The SMILES string of the molecule is COc1ccc(OCC(=O)N2CCN(C(=O)c3cccc(C(=O)[O-])c3)CC2)cc1. The van der Waals surface area contributed by atoms with Crippen LogP contribution >= 0.6 is 0 Å². The second-order valence-electron chi connectivity index (χ2n) is 6.51. The van der Waals surface area contributed by atoms with Gasteiger partial charge in [-0.15, -0.1) is 0 Å². The van der Waals surface area contributed by atoms with E-state index in [2.05, 4.69) is 0 Å². The van der Waals surface area contributed by atoms with E-state index in [4.69, 9.17) is 9.47 Å². The molecule has 0 atom stereocenters. The number of amides is 2. The molecule has 3 rings (SSSR count). The largest absolute Gasteiger partial charge is 0.545 e. The van der Waals surface area contributed by atoms with Crippen molar-refractivity contribution in [2.75, 3.05) is 39.9 Å². The van der Waals surface area contributed by atoms with E-state index in [0.29, 0.717) is 37.7 Å². The Morgan fingerprint density at radius 3 is 2.10 bits per heavy atom. The van der Waals surface area contributed by atoms with Crippen LogP contribution < -0.4 is 14.6 Å². The molecule has 1 saturated heterocycles. The van der Waals surface area contributed by atoms with Gasteiger partial charge in [0.1, 0.15) is 11.5 Å². The lowest BCUT2D eigenvalue weighted by molar-refractivity contribution is -0.255. The molecule has 1 aliphatic heterocycles. The molecule has 2 aromatic rings. The van der Waals surface area contributed by atoms with Crippen molar-refractivity contribution in [2.24, 2.45) is 0 Å². The first kappa shape index (κ1) is 20.2. The van der Waals surface area contributed by atoms with E-state index in [9.17, 15) is 19.5 Å². The van der Waals surface area contributed by atoms with Gasteiger partial charge in [-0.05, 0) is 42.0 Å². The zero-order valence-corrected chi connectivity index (χ0v) is 16.0. The molecule has 0 spiro atoms. The molecule has 1 heterocycles. The Bertz CT molecular complexity index is 888. The molecule has 1 fully saturated rings. The molecule has 0 unspecified atom stereocenters. The van der Waals surface area contributed by atoms with Crippen molar-refractivity contribution >= 4 is 17.8 Å². The van der Waals surface area contributed by atoms with Crippen molar-refractivity contribution < 1.29 is 29.0 Å². The number of benzene rings is 2. The van der Waals surface area contributed by atoms with Gasteiger partial charge in [0, 0.05) is 31.7 Å². The normalized spacial score (nSPS) is 13.7. The first-order valence-electron chi connectivity index (χ1n) is 9.13. The number of carboxylic acid groups (broad SMARTS) is 1. The number of carbonyl (C=O) groups excluding carboxylic acids is 3. The minimum Gasteiger partial charge on any atom is -0.545 e. The van der Waals surface area contributed by atoms with E-state index in [-0.39, 0.29) is 29.5 Å². The highest BCUT2D eigenvalue weighted by molar-refractivity contribution is 5.97. The van der Waals surface area contributed by atoms with Crippen molar-refractivity contribution in [1.82, 2.24) is 9.80 Å². The van der Waals surface area contributed by atoms with E-state index in [1.165, 1.54) is 18.2 Å². The summed E-state index contributed by atoms with van der Waals surface area (Å²) >= 11 is 0. The molecule has 2 amide bonds. The number of methoxy groups -OCH3 is 1. The minimum absolute atomic E-state index is 0.0413. The summed E-state index contributed by atoms with van der Waals surface area (Å²) in [6.07, 6.45) is 0. The van der Waals surface area contributed by atoms with Crippen LogP contribution in [0.15, 0.2) is 48.5 Å². The number of hydrogen-bond acceptors (Lipinski definition) is 6. The summed E-state index contributed by atoms with van der Waals surface area (Å²) in [6, 6.07) is 12.7. The number of carbonyl (C=O) groups is 3. The Morgan fingerprint density at radius 2 is 1.48 bits per heavy atom. The van der Waals surface area contributed by atoms with Gasteiger partial charge >= 0.3 is 0 Å². The summed E-state index contributed by atoms with van der Waals surface area (Å²) in [5.74, 6) is -0.483. The van der Waals surface area contributed by atoms with Crippen molar-refractivity contribution in [3.63, 3.8) is 0 Å². The lowest BCUT2D eigenvalue weighted by atomic mass is 10.1. The predicted octanol–water partition coefficient (Wildman–Crippen LogP) is 0.422. The van der Waals surface area contributed by atoms with Crippen LogP contribution in [0.2, 0.25) is 0 Å². The molecule has 152 valence electrons. The highest BCUT2D eigenvalue weighted by Crippen LogP contribution is 2.17. The molecule has 0 aromatic heterocycles. The number of ether oxygens (including phenoxy) is 2. The Morgan fingerprint density at radius 1 is 0.897 bits per heavy atom. The molecule has 2 aromatic carbocycles. The first-order valence-corrected chi connectivity index (χ1v) is 9.13. The average Bonchev–Trinajstić information content (AvgIpc) is 2.77. The predicted molar refractivity (Wildman–Crippen MR) is 102 cm³/mol. The maximum Gasteiger partial charge on any atom is 0.260 e. The summed E-state index contributed by atoms with van der Waals surface area (Å²) < 4.78 is 10.6. The van der Waals surface area contributed by atoms with Gasteiger partial charge < -0.3 is 29.2 Å². The van der Waals surface area contributed by atoms with Crippen LogP contribution in [0.5, 0.6) is 11.5 Å². The highest BCUT2D eigenvalue weighted by Gasteiger charge is 2.25. The maximum atomic E-state index is 12.6. The van der Waals surface area contributed by atoms with E-state index >= 15 is 0 Å². The molecule has 0 aliphatic carbocycles. The Labute approximate surface area is 168 Å². The summed E-state index contributed by atoms with van der Waals surface area (Å²) in [5, 5.41) is 11.0. The maximum absolute atomic E-state index is 12.6. The van der Waals surface area contributed by atoms with Crippen molar-refractivity contribution in [3.05, 3.63) is 59.7 Å². The summed E-state index contributed by atoms with van der Waals surface area (Å²) in [6.45, 7) is 1.41. The van der Waals surface area contributed by atoms with E-state index in [1.807, 2.05) is 0 Å². The van der Waals surface area contributed by atoms with Crippen LogP contribution in [0, 0.1) is 0 Å². The number of carboxylic acids is 1. The van der Waals surface area contributed by atoms with E-state index < -0.39 is 5.97 Å². The lowest BCUT2D eigenvalue weighted by Gasteiger charge is -2.34. The van der Waals surface area contributed by atoms with Crippen LogP contribution in [-0.4, -0.2) is 67.5 Å². The fraction of sp³-hybridized carbons (Fsp3) is 0.286. The van der Waals surface area contributed by atoms with Gasteiger partial charge in [-0.3, -0.25) is 9.59 Å². The molecule has 0 radical (unpaired) electrons. The van der Waals surface area contributed by atoms with Crippen LogP contribution in [0.25, 0.3) is 0 Å². The molecule has 0 N–H and O–H groups in total. The first-order chi connectivity index (χ1) is 14.0. The van der Waals surface area contributed by atoms with Crippen molar-refractivity contribution in [2.45, 2.75) is 0 Å². The third kappa shape index (κ3) is 5.04. The number of hydrogen-bond donors (Lipinski definition) is 0. The second kappa shape index (κ2) is 9.09. The Balaban J connectivity index is 1.50. The molecule has 8 heteroatoms. The zero-order chi connectivity index (χ0) is 20.8. The zero-order valence-electron chi connectivity index (χ0n) is 16.0. The molecule has 29 heavy (non-hydrogen) atoms. The van der Waals surface area contributed by atoms with Gasteiger partial charge in [0.2, 0.25) is 0 Å². The van der Waals surface area contributed by atoms with E-state index in [0.717, 1.165) is 0 Å². The topological polar surface area (TPSA) is 99.2 Å². The monoisotopic (exact) mass is 397 g/mol. The molecular weight excluding hydrogens is 376 g/mol. The van der Waals surface area contributed by atoms with Crippen LogP contribution in [0.1, 0.15) is 20.7 Å². The van der Waals surface area contributed by atoms with Gasteiger partial charge in [0.05, 0.1) is 13.1 Å². The third-order valence-electron chi connectivity index (χ3n) is 4.69. The number of rotatable bonds is 6. The summed E-state index contributed by atoms with van der Waals surface area (Å²) in [4.78, 5) is 39.2. The van der Waals surface area contributed by atoms with Gasteiger partial charge in [-0.1, -0.05) is 12.1 Å². The highest BCUT2D eigenvalue weighted by atomic mass is 16.5. The number of piperazine rings is 1. The second-order valence-corrected chi connectivity index (χ2v) is 6.51. The summed E-state index contributed by atoms with van der Waals surface area (Å²) in [5.41, 5.74) is 0.245. The smallest absolute Gasteiger partial charge is 0.260 e. The number of nitrogens with zero attached hydrogens (tertiary/aromatic N) is 2. The van der Waals surface area contributed by atoms with Gasteiger partial charge in [0.25, 0.3) is 11.8 Å². The number of aromatic carboxylic acids is 1. The van der Waals surface area contributed by atoms with Gasteiger partial charge in [-0.25, -0.2) is 0 Å². The van der Waals surface area contributed by atoms with Crippen molar-refractivity contribution in [1.29, 1.82) is 0 Å². The fourth-order valence-electron chi connectivity index (χ4n) is 3.03. The lowest BCUT2D eigenvalue weighted by Crippen LogP contribution is -2.51. The van der Waals surface area contributed by atoms with Crippen LogP contribution in [0.4, 0.5) is 0 Å². The van der Waals surface area contributed by atoms with Gasteiger partial charge in [-0.2, -0.15) is 0 Å². The Kier molecular flexibility index (Phi) is 6.33. The molecule has 0 bridgehead atoms. The standard InChI is InChI=1S/C21H22N2O6/c1-28-17-5-7-18(8-6-17)29-14-19(24)22-9-11-23(12-10-22)20(25)15-3-2-4-16(13-15)21(26)27/h2-8,13H,9-12,14H2,1H3,(H,26,27)/p-1. The molecule has 0 saturated carbocycles. The van der Waals surface area contributed by atoms with Crippen molar-refractivity contribution in [3.8, 4) is 11.5 Å². The van der Waals surface area contributed by atoms with Crippen LogP contribution in [0.3, 0.4) is 0 Å². The third-order valence-corrected chi connectivity index (χ3v) is 4.69. The van der Waals surface area contributed by atoms with Crippen LogP contribution in [-0.2, 0) is 4.79 Å². The molecule has 1 aliphatic rings. The molecule has 8 nitrogen and oxygen atoms in total.